The van der Waals surface area contributed by atoms with Gasteiger partial charge in [0, 0.05) is 5.69 Å². The van der Waals surface area contributed by atoms with E-state index in [0.29, 0.717) is 16.8 Å². The van der Waals surface area contributed by atoms with E-state index in [1.807, 2.05) is 6.07 Å². The fourth-order valence-electron chi connectivity index (χ4n) is 1.73. The second kappa shape index (κ2) is 4.13. The number of nitro groups is 1. The van der Waals surface area contributed by atoms with Gasteiger partial charge in [-0.3, -0.25) is 10.1 Å². The third kappa shape index (κ3) is 1.90. The minimum Gasteiger partial charge on any atom is -0.398 e. The average Bonchev–Trinajstić information content (AvgIpc) is 2.32. The monoisotopic (exact) mass is 229 g/mol. The van der Waals surface area contributed by atoms with Crippen molar-refractivity contribution in [3.63, 3.8) is 0 Å². The van der Waals surface area contributed by atoms with Gasteiger partial charge in [-0.2, -0.15) is 0 Å². The third-order valence-electron chi connectivity index (χ3n) is 2.49. The van der Waals surface area contributed by atoms with Crippen LogP contribution in [-0.2, 0) is 0 Å². The molecule has 0 heterocycles. The summed E-state index contributed by atoms with van der Waals surface area (Å²) < 4.78 is 0. The summed E-state index contributed by atoms with van der Waals surface area (Å²) in [7, 11) is 0. The lowest BCUT2D eigenvalue weighted by Crippen LogP contribution is -2.01. The van der Waals surface area contributed by atoms with Crippen LogP contribution in [0.5, 0.6) is 0 Å². The fourth-order valence-corrected chi connectivity index (χ4v) is 1.73. The number of anilines is 2. The molecule has 0 bridgehead atoms. The zero-order chi connectivity index (χ0) is 12.4. The Hall–Kier alpha value is -2.56. The van der Waals surface area contributed by atoms with Crippen LogP contribution in [0.25, 0.3) is 11.1 Å². The lowest BCUT2D eigenvalue weighted by molar-refractivity contribution is -0.383. The summed E-state index contributed by atoms with van der Waals surface area (Å²) in [5.74, 6) is 0. The van der Waals surface area contributed by atoms with E-state index in [-0.39, 0.29) is 11.4 Å². The lowest BCUT2D eigenvalue weighted by atomic mass is 10.0. The predicted molar refractivity (Wildman–Crippen MR) is 67.4 cm³/mol. The maximum atomic E-state index is 11.0. The Morgan fingerprint density at radius 1 is 0.941 bits per heavy atom. The van der Waals surface area contributed by atoms with Crippen LogP contribution in [-0.4, -0.2) is 4.92 Å². The summed E-state index contributed by atoms with van der Waals surface area (Å²) in [5, 5.41) is 11.0. The van der Waals surface area contributed by atoms with Crippen molar-refractivity contribution in [2.24, 2.45) is 0 Å². The molecule has 2 rings (SSSR count). The van der Waals surface area contributed by atoms with E-state index in [4.69, 9.17) is 11.5 Å². The Bertz CT molecular complexity index is 567. The van der Waals surface area contributed by atoms with E-state index in [0.717, 1.165) is 0 Å². The molecular formula is C12H11N3O2. The molecule has 5 nitrogen and oxygen atoms in total. The first-order valence-corrected chi connectivity index (χ1v) is 4.99. The highest BCUT2D eigenvalue weighted by molar-refractivity contribution is 5.89. The second-order valence-electron chi connectivity index (χ2n) is 3.59. The zero-order valence-corrected chi connectivity index (χ0v) is 8.96. The summed E-state index contributed by atoms with van der Waals surface area (Å²) in [6, 6.07) is 12.0. The molecular weight excluding hydrogens is 218 g/mol. The molecule has 5 heteroatoms. The zero-order valence-electron chi connectivity index (χ0n) is 8.96. The Morgan fingerprint density at radius 3 is 2.12 bits per heavy atom. The molecule has 0 saturated carbocycles. The Morgan fingerprint density at radius 2 is 1.53 bits per heavy atom. The molecule has 0 aliphatic heterocycles. The van der Waals surface area contributed by atoms with Gasteiger partial charge >= 0.3 is 5.69 Å². The van der Waals surface area contributed by atoms with Gasteiger partial charge in [-0.1, -0.05) is 30.3 Å². The number of rotatable bonds is 2. The molecule has 0 aliphatic rings. The summed E-state index contributed by atoms with van der Waals surface area (Å²) in [6.45, 7) is 0. The molecule has 0 aliphatic carbocycles. The van der Waals surface area contributed by atoms with Crippen LogP contribution in [0.1, 0.15) is 0 Å². The maximum absolute atomic E-state index is 11.0. The van der Waals surface area contributed by atoms with E-state index in [1.165, 1.54) is 6.07 Å². The van der Waals surface area contributed by atoms with Crippen molar-refractivity contribution in [1.29, 1.82) is 0 Å². The van der Waals surface area contributed by atoms with Crippen molar-refractivity contribution in [2.45, 2.75) is 0 Å². The molecule has 86 valence electrons. The van der Waals surface area contributed by atoms with Gasteiger partial charge in [-0.05, 0) is 17.7 Å². The van der Waals surface area contributed by atoms with Crippen LogP contribution in [0, 0.1) is 10.1 Å². The molecule has 0 atom stereocenters. The molecule has 4 N–H and O–H groups in total. The lowest BCUT2D eigenvalue weighted by Gasteiger charge is -2.08. The number of nitrogens with two attached hydrogens (primary N) is 2. The molecule has 0 saturated heterocycles. The molecule has 0 unspecified atom stereocenters. The van der Waals surface area contributed by atoms with Crippen molar-refractivity contribution >= 4 is 17.1 Å². The van der Waals surface area contributed by atoms with Crippen LogP contribution < -0.4 is 11.5 Å². The van der Waals surface area contributed by atoms with Crippen LogP contribution in [0.2, 0.25) is 0 Å². The van der Waals surface area contributed by atoms with Crippen molar-refractivity contribution in [2.75, 3.05) is 11.5 Å². The average molecular weight is 229 g/mol. The Labute approximate surface area is 97.8 Å². The molecule has 0 aromatic heterocycles. The first kappa shape index (κ1) is 10.9. The van der Waals surface area contributed by atoms with Crippen molar-refractivity contribution in [3.8, 4) is 11.1 Å². The van der Waals surface area contributed by atoms with E-state index in [2.05, 4.69) is 0 Å². The smallest absolute Gasteiger partial charge is 0.301 e. The van der Waals surface area contributed by atoms with Crippen molar-refractivity contribution < 1.29 is 4.92 Å². The molecule has 0 spiro atoms. The number of hydrogen-bond acceptors (Lipinski definition) is 4. The SMILES string of the molecule is Nc1ccc(N)c([N+](=O)[O-])c1-c1ccccc1. The van der Waals surface area contributed by atoms with Gasteiger partial charge < -0.3 is 11.5 Å². The summed E-state index contributed by atoms with van der Waals surface area (Å²) in [5.41, 5.74) is 12.8. The Kier molecular flexibility index (Phi) is 2.66. The van der Waals surface area contributed by atoms with Crippen LogP contribution in [0.3, 0.4) is 0 Å². The number of nitrogens with zero attached hydrogens (tertiary/aromatic N) is 1. The minimum atomic E-state index is -0.506. The highest BCUT2D eigenvalue weighted by Gasteiger charge is 2.21. The van der Waals surface area contributed by atoms with Gasteiger partial charge in [0.05, 0.1) is 10.5 Å². The van der Waals surface area contributed by atoms with Crippen molar-refractivity contribution in [3.05, 3.63) is 52.6 Å². The summed E-state index contributed by atoms with van der Waals surface area (Å²) in [6.07, 6.45) is 0. The topological polar surface area (TPSA) is 95.2 Å². The molecule has 0 fully saturated rings. The number of nitro benzene ring substituents is 1. The minimum absolute atomic E-state index is 0.114. The Balaban J connectivity index is 2.76. The van der Waals surface area contributed by atoms with Gasteiger partial charge in [0.1, 0.15) is 5.69 Å². The third-order valence-corrected chi connectivity index (χ3v) is 2.49. The van der Waals surface area contributed by atoms with Gasteiger partial charge in [0.25, 0.3) is 0 Å². The van der Waals surface area contributed by atoms with Crippen LogP contribution in [0.4, 0.5) is 17.1 Å². The van der Waals surface area contributed by atoms with E-state index in [1.54, 1.807) is 30.3 Å². The van der Waals surface area contributed by atoms with E-state index < -0.39 is 4.92 Å². The van der Waals surface area contributed by atoms with Crippen LogP contribution in [0.15, 0.2) is 42.5 Å². The number of hydrogen-bond donors (Lipinski definition) is 2. The van der Waals surface area contributed by atoms with E-state index >= 15 is 0 Å². The fraction of sp³-hybridized carbons (Fsp3) is 0. The first-order valence-electron chi connectivity index (χ1n) is 4.99. The highest BCUT2D eigenvalue weighted by atomic mass is 16.6. The first-order chi connectivity index (χ1) is 8.11. The summed E-state index contributed by atoms with van der Waals surface area (Å²) >= 11 is 0. The molecule has 2 aromatic carbocycles. The molecule has 0 amide bonds. The number of benzene rings is 2. The highest BCUT2D eigenvalue weighted by Crippen LogP contribution is 2.38. The van der Waals surface area contributed by atoms with Gasteiger partial charge in [-0.15, -0.1) is 0 Å². The van der Waals surface area contributed by atoms with E-state index in [9.17, 15) is 10.1 Å². The van der Waals surface area contributed by atoms with Crippen LogP contribution >= 0.6 is 0 Å². The van der Waals surface area contributed by atoms with Gasteiger partial charge in [0.2, 0.25) is 0 Å². The predicted octanol–water partition coefficient (Wildman–Crippen LogP) is 2.43. The van der Waals surface area contributed by atoms with Crippen molar-refractivity contribution in [1.82, 2.24) is 0 Å². The molecule has 0 radical (unpaired) electrons. The molecule has 2 aromatic rings. The molecule has 17 heavy (non-hydrogen) atoms. The largest absolute Gasteiger partial charge is 0.398 e. The second-order valence-corrected chi connectivity index (χ2v) is 3.59. The van der Waals surface area contributed by atoms with Gasteiger partial charge in [-0.25, -0.2) is 0 Å². The standard InChI is InChI=1S/C12H11N3O2/c13-9-6-7-10(14)12(15(16)17)11(9)8-4-2-1-3-5-8/h1-7H,13-14H2. The quantitative estimate of drug-likeness (QED) is 0.469. The number of nitrogen functional groups attached to an aromatic ring is 2. The normalized spacial score (nSPS) is 10.1. The summed E-state index contributed by atoms with van der Waals surface area (Å²) in [4.78, 5) is 10.5. The maximum Gasteiger partial charge on any atom is 0.301 e. The van der Waals surface area contributed by atoms with Gasteiger partial charge in [0.15, 0.2) is 0 Å².